The Bertz CT molecular complexity index is 395. The summed E-state index contributed by atoms with van der Waals surface area (Å²) in [7, 11) is 0. The molecule has 0 saturated heterocycles. The van der Waals surface area contributed by atoms with Gasteiger partial charge in [0.25, 0.3) is 0 Å². The predicted octanol–water partition coefficient (Wildman–Crippen LogP) is 2.72. The molecule has 1 rings (SSSR count). The molecule has 5 heteroatoms. The number of carbonyl (C=O) groups is 1. The van der Waals surface area contributed by atoms with Crippen LogP contribution in [0.3, 0.4) is 0 Å². The average molecular weight is 302 g/mol. The van der Waals surface area contributed by atoms with Crippen LogP contribution < -0.4 is 5.32 Å². The molecule has 0 amide bonds. The van der Waals surface area contributed by atoms with E-state index in [0.717, 1.165) is 4.47 Å². The lowest BCUT2D eigenvalue weighted by Gasteiger charge is -2.12. The minimum atomic E-state index is -0.962. The van der Waals surface area contributed by atoms with Crippen LogP contribution in [-0.4, -0.2) is 28.8 Å². The van der Waals surface area contributed by atoms with Gasteiger partial charge in [0, 0.05) is 16.7 Å². The maximum absolute atomic E-state index is 11.0. The van der Waals surface area contributed by atoms with E-state index < -0.39 is 5.97 Å². The first-order valence-electron chi connectivity index (χ1n) is 5.49. The molecule has 0 aliphatic rings. The van der Waals surface area contributed by atoms with Gasteiger partial charge in [-0.05, 0) is 31.0 Å². The molecule has 1 unspecified atom stereocenters. The quantitative estimate of drug-likeness (QED) is 0.755. The molecule has 1 aromatic rings. The van der Waals surface area contributed by atoms with Crippen molar-refractivity contribution in [2.75, 3.05) is 11.9 Å². The van der Waals surface area contributed by atoms with Crippen molar-refractivity contribution in [2.24, 2.45) is 0 Å². The first-order valence-corrected chi connectivity index (χ1v) is 6.28. The number of aliphatic hydroxyl groups is 1. The van der Waals surface area contributed by atoms with Crippen LogP contribution in [0.15, 0.2) is 22.7 Å². The SMILES string of the molecule is CCC(O)CCNc1cc(Br)ccc1C(=O)O. The zero-order valence-corrected chi connectivity index (χ0v) is 11.2. The molecular weight excluding hydrogens is 286 g/mol. The molecule has 0 spiro atoms. The Hall–Kier alpha value is -1.07. The molecule has 4 nitrogen and oxygen atoms in total. The number of nitrogens with one attached hydrogen (secondary N) is 1. The van der Waals surface area contributed by atoms with Crippen LogP contribution in [0.4, 0.5) is 5.69 Å². The van der Waals surface area contributed by atoms with E-state index in [1.54, 1.807) is 18.2 Å². The Morgan fingerprint density at radius 3 is 2.82 bits per heavy atom. The number of aliphatic hydroxyl groups excluding tert-OH is 1. The summed E-state index contributed by atoms with van der Waals surface area (Å²) in [5.74, 6) is -0.962. The van der Waals surface area contributed by atoms with Gasteiger partial charge in [0.1, 0.15) is 0 Å². The van der Waals surface area contributed by atoms with Crippen molar-refractivity contribution in [3.05, 3.63) is 28.2 Å². The van der Waals surface area contributed by atoms with Crippen LogP contribution in [0.5, 0.6) is 0 Å². The second kappa shape index (κ2) is 6.61. The summed E-state index contributed by atoms with van der Waals surface area (Å²) in [6.07, 6.45) is 0.955. The fourth-order valence-electron chi connectivity index (χ4n) is 1.43. The number of hydrogen-bond donors (Lipinski definition) is 3. The number of carboxylic acids is 1. The van der Waals surface area contributed by atoms with Crippen molar-refractivity contribution >= 4 is 27.6 Å². The number of hydrogen-bond acceptors (Lipinski definition) is 3. The monoisotopic (exact) mass is 301 g/mol. The summed E-state index contributed by atoms with van der Waals surface area (Å²) in [5.41, 5.74) is 0.800. The van der Waals surface area contributed by atoms with Crippen LogP contribution in [0.1, 0.15) is 30.1 Å². The van der Waals surface area contributed by atoms with Gasteiger partial charge in [-0.25, -0.2) is 4.79 Å². The first-order chi connectivity index (χ1) is 8.04. The minimum absolute atomic E-state index is 0.235. The maximum atomic E-state index is 11.0. The maximum Gasteiger partial charge on any atom is 0.337 e. The van der Waals surface area contributed by atoms with Gasteiger partial charge in [-0.3, -0.25) is 0 Å². The Kier molecular flexibility index (Phi) is 5.44. The third-order valence-electron chi connectivity index (χ3n) is 2.48. The van der Waals surface area contributed by atoms with Crippen LogP contribution >= 0.6 is 15.9 Å². The van der Waals surface area contributed by atoms with Crippen molar-refractivity contribution < 1.29 is 15.0 Å². The largest absolute Gasteiger partial charge is 0.478 e. The molecule has 1 aromatic carbocycles. The summed E-state index contributed by atoms with van der Waals surface area (Å²) in [4.78, 5) is 11.0. The summed E-state index contributed by atoms with van der Waals surface area (Å²) in [6, 6.07) is 4.96. The van der Waals surface area contributed by atoms with Crippen molar-refractivity contribution in [1.82, 2.24) is 0 Å². The molecule has 0 aromatic heterocycles. The molecule has 17 heavy (non-hydrogen) atoms. The number of halogens is 1. The van der Waals surface area contributed by atoms with E-state index in [4.69, 9.17) is 5.11 Å². The Balaban J connectivity index is 2.68. The fraction of sp³-hybridized carbons (Fsp3) is 0.417. The van der Waals surface area contributed by atoms with Crippen LogP contribution in [0.2, 0.25) is 0 Å². The van der Waals surface area contributed by atoms with Gasteiger partial charge in [0.15, 0.2) is 0 Å². The Morgan fingerprint density at radius 1 is 1.53 bits per heavy atom. The molecule has 0 aliphatic heterocycles. The lowest BCUT2D eigenvalue weighted by Crippen LogP contribution is -2.14. The number of carboxylic acid groups (broad SMARTS) is 1. The molecule has 3 N–H and O–H groups in total. The summed E-state index contributed by atoms with van der Waals surface area (Å²) in [6.45, 7) is 2.46. The number of benzene rings is 1. The van der Waals surface area contributed by atoms with Crippen molar-refractivity contribution in [1.29, 1.82) is 0 Å². The third kappa shape index (κ3) is 4.36. The van der Waals surface area contributed by atoms with E-state index in [-0.39, 0.29) is 11.7 Å². The van der Waals surface area contributed by atoms with Gasteiger partial charge in [-0.2, -0.15) is 0 Å². The smallest absolute Gasteiger partial charge is 0.337 e. The summed E-state index contributed by atoms with van der Waals surface area (Å²) in [5, 5.41) is 21.4. The highest BCUT2D eigenvalue weighted by atomic mass is 79.9. The second-order valence-electron chi connectivity index (χ2n) is 3.77. The highest BCUT2D eigenvalue weighted by Gasteiger charge is 2.10. The Labute approximate surface area is 109 Å². The van der Waals surface area contributed by atoms with Gasteiger partial charge in [0.2, 0.25) is 0 Å². The Morgan fingerprint density at radius 2 is 2.24 bits per heavy atom. The van der Waals surface area contributed by atoms with E-state index in [1.807, 2.05) is 6.92 Å². The van der Waals surface area contributed by atoms with E-state index >= 15 is 0 Å². The highest BCUT2D eigenvalue weighted by Crippen LogP contribution is 2.21. The molecule has 94 valence electrons. The van der Waals surface area contributed by atoms with E-state index in [9.17, 15) is 9.90 Å². The molecule has 0 saturated carbocycles. The molecule has 0 radical (unpaired) electrons. The van der Waals surface area contributed by atoms with E-state index in [0.29, 0.717) is 25.1 Å². The molecule has 0 aliphatic carbocycles. The highest BCUT2D eigenvalue weighted by molar-refractivity contribution is 9.10. The molecule has 0 fully saturated rings. The van der Waals surface area contributed by atoms with Crippen LogP contribution in [0.25, 0.3) is 0 Å². The number of anilines is 1. The van der Waals surface area contributed by atoms with Gasteiger partial charge >= 0.3 is 5.97 Å². The second-order valence-corrected chi connectivity index (χ2v) is 4.69. The van der Waals surface area contributed by atoms with Crippen molar-refractivity contribution in [3.8, 4) is 0 Å². The van der Waals surface area contributed by atoms with Gasteiger partial charge < -0.3 is 15.5 Å². The lowest BCUT2D eigenvalue weighted by atomic mass is 10.1. The average Bonchev–Trinajstić information content (AvgIpc) is 2.28. The molecule has 1 atom stereocenters. The zero-order chi connectivity index (χ0) is 12.8. The minimum Gasteiger partial charge on any atom is -0.478 e. The third-order valence-corrected chi connectivity index (χ3v) is 2.97. The van der Waals surface area contributed by atoms with Crippen LogP contribution in [-0.2, 0) is 0 Å². The summed E-state index contributed by atoms with van der Waals surface area (Å²) >= 11 is 3.30. The van der Waals surface area contributed by atoms with E-state index in [2.05, 4.69) is 21.2 Å². The standard InChI is InChI=1S/C12H16BrNO3/c1-2-9(15)5-6-14-11-7-8(13)3-4-10(11)12(16)17/h3-4,7,9,14-15H,2,5-6H2,1H3,(H,16,17). The number of aromatic carboxylic acids is 1. The van der Waals surface area contributed by atoms with E-state index in [1.165, 1.54) is 0 Å². The normalized spacial score (nSPS) is 12.2. The van der Waals surface area contributed by atoms with Gasteiger partial charge in [0.05, 0.1) is 11.7 Å². The first kappa shape index (κ1) is 14.0. The molecule has 0 heterocycles. The van der Waals surface area contributed by atoms with Crippen LogP contribution in [0, 0.1) is 0 Å². The lowest BCUT2D eigenvalue weighted by molar-refractivity contribution is 0.0698. The number of rotatable bonds is 6. The summed E-state index contributed by atoms with van der Waals surface area (Å²) < 4.78 is 0.820. The van der Waals surface area contributed by atoms with Crippen molar-refractivity contribution in [3.63, 3.8) is 0 Å². The molecular formula is C12H16BrNO3. The fourth-order valence-corrected chi connectivity index (χ4v) is 1.79. The topological polar surface area (TPSA) is 69.6 Å². The van der Waals surface area contributed by atoms with Gasteiger partial charge in [-0.15, -0.1) is 0 Å². The van der Waals surface area contributed by atoms with Crippen molar-refractivity contribution in [2.45, 2.75) is 25.9 Å². The predicted molar refractivity (Wildman–Crippen MR) is 70.5 cm³/mol. The zero-order valence-electron chi connectivity index (χ0n) is 9.61. The van der Waals surface area contributed by atoms with Gasteiger partial charge in [-0.1, -0.05) is 22.9 Å². The molecule has 0 bridgehead atoms.